The number of aryl methyl sites for hydroxylation is 2. The zero-order chi connectivity index (χ0) is 14.4. The molecule has 0 radical (unpaired) electrons. The number of carbonyl (C=O) groups excluding carboxylic acids is 1. The van der Waals surface area contributed by atoms with Crippen LogP contribution in [0.3, 0.4) is 0 Å². The van der Waals surface area contributed by atoms with Gasteiger partial charge in [-0.25, -0.2) is 0 Å². The van der Waals surface area contributed by atoms with Gasteiger partial charge >= 0.3 is 0 Å². The summed E-state index contributed by atoms with van der Waals surface area (Å²) in [7, 11) is 0. The number of hydrogen-bond acceptors (Lipinski definition) is 2. The third-order valence-corrected chi connectivity index (χ3v) is 3.33. The van der Waals surface area contributed by atoms with Gasteiger partial charge in [-0.15, -0.1) is 0 Å². The second kappa shape index (κ2) is 6.80. The molecule has 0 atom stereocenters. The molecule has 2 rings (SSSR count). The molecule has 0 N–H and O–H groups in total. The Morgan fingerprint density at radius 1 is 1.00 bits per heavy atom. The van der Waals surface area contributed by atoms with Crippen LogP contribution in [-0.2, 0) is 11.2 Å². The van der Waals surface area contributed by atoms with Gasteiger partial charge in [0.1, 0.15) is 0 Å². The molecule has 2 nitrogen and oxygen atoms in total. The van der Waals surface area contributed by atoms with Crippen molar-refractivity contribution in [2.45, 2.75) is 20.3 Å². The highest BCUT2D eigenvalue weighted by atomic mass is 16.1. The van der Waals surface area contributed by atoms with Crippen molar-refractivity contribution >= 4 is 12.0 Å². The van der Waals surface area contributed by atoms with Crippen LogP contribution in [-0.4, -0.2) is 18.5 Å². The van der Waals surface area contributed by atoms with Crippen molar-refractivity contribution < 1.29 is 4.79 Å². The summed E-state index contributed by atoms with van der Waals surface area (Å²) in [6, 6.07) is 15.9. The molecule has 0 amide bonds. The highest BCUT2D eigenvalue weighted by Crippen LogP contribution is 2.14. The van der Waals surface area contributed by atoms with Crippen molar-refractivity contribution in [3.05, 3.63) is 70.8 Å². The molecular weight excluding hydrogens is 246 g/mol. The van der Waals surface area contributed by atoms with Crippen LogP contribution in [0.2, 0.25) is 0 Å². The minimum absolute atomic E-state index is 0.148. The third-order valence-electron chi connectivity index (χ3n) is 3.33. The summed E-state index contributed by atoms with van der Waals surface area (Å²) in [5, 5.41) is 0. The van der Waals surface area contributed by atoms with Gasteiger partial charge in [0.25, 0.3) is 0 Å². The summed E-state index contributed by atoms with van der Waals surface area (Å²) in [6.07, 6.45) is 2.22. The van der Waals surface area contributed by atoms with E-state index in [0.29, 0.717) is 6.42 Å². The standard InChI is InChI=1S/C18H19NO/c1-14-7-6-8-15(2)18(14)11-17(20)13-19-12-16-9-4-3-5-10-16/h3-10,12H,11,13H2,1-2H3. The average molecular weight is 265 g/mol. The van der Waals surface area contributed by atoms with Crippen LogP contribution in [0, 0.1) is 13.8 Å². The number of ketones is 1. The van der Waals surface area contributed by atoms with E-state index in [4.69, 9.17) is 0 Å². The van der Waals surface area contributed by atoms with Crippen molar-refractivity contribution in [3.8, 4) is 0 Å². The van der Waals surface area contributed by atoms with Crippen LogP contribution in [0.1, 0.15) is 22.3 Å². The van der Waals surface area contributed by atoms with Crippen molar-refractivity contribution in [1.29, 1.82) is 0 Å². The van der Waals surface area contributed by atoms with Gasteiger partial charge in [0.15, 0.2) is 5.78 Å². The predicted molar refractivity (Wildman–Crippen MR) is 83.5 cm³/mol. The van der Waals surface area contributed by atoms with Gasteiger partial charge in [0.05, 0.1) is 6.54 Å². The van der Waals surface area contributed by atoms with Gasteiger partial charge in [-0.2, -0.15) is 0 Å². The summed E-state index contributed by atoms with van der Waals surface area (Å²) < 4.78 is 0. The lowest BCUT2D eigenvalue weighted by Gasteiger charge is -2.07. The minimum Gasteiger partial charge on any atom is -0.297 e. The van der Waals surface area contributed by atoms with Crippen molar-refractivity contribution in [2.24, 2.45) is 4.99 Å². The smallest absolute Gasteiger partial charge is 0.158 e. The van der Waals surface area contributed by atoms with Gasteiger partial charge in [-0.1, -0.05) is 48.5 Å². The molecule has 0 spiro atoms. The molecule has 2 heteroatoms. The van der Waals surface area contributed by atoms with E-state index in [1.54, 1.807) is 6.21 Å². The molecule has 20 heavy (non-hydrogen) atoms. The summed E-state index contributed by atoms with van der Waals surface area (Å²) >= 11 is 0. The van der Waals surface area contributed by atoms with Gasteiger partial charge < -0.3 is 0 Å². The maximum absolute atomic E-state index is 12.0. The molecule has 0 unspecified atom stereocenters. The van der Waals surface area contributed by atoms with E-state index in [9.17, 15) is 4.79 Å². The van der Waals surface area contributed by atoms with Crippen molar-refractivity contribution in [3.63, 3.8) is 0 Å². The maximum atomic E-state index is 12.0. The third kappa shape index (κ3) is 3.89. The lowest BCUT2D eigenvalue weighted by atomic mass is 9.98. The SMILES string of the molecule is Cc1cccc(C)c1CC(=O)CN=Cc1ccccc1. The summed E-state index contributed by atoms with van der Waals surface area (Å²) in [4.78, 5) is 16.2. The molecule has 0 fully saturated rings. The zero-order valence-corrected chi connectivity index (χ0v) is 12.0. The van der Waals surface area contributed by atoms with E-state index in [0.717, 1.165) is 11.1 Å². The molecule has 0 aliphatic heterocycles. The van der Waals surface area contributed by atoms with Crippen LogP contribution in [0.15, 0.2) is 53.5 Å². The molecule has 2 aromatic carbocycles. The minimum atomic E-state index is 0.148. The Morgan fingerprint density at radius 3 is 2.30 bits per heavy atom. The second-order valence-electron chi connectivity index (χ2n) is 4.97. The van der Waals surface area contributed by atoms with E-state index in [1.165, 1.54) is 11.1 Å². The Bertz CT molecular complexity index is 594. The number of hydrogen-bond donors (Lipinski definition) is 0. The summed E-state index contributed by atoms with van der Waals surface area (Å²) in [6.45, 7) is 4.33. The summed E-state index contributed by atoms with van der Waals surface area (Å²) in [5.41, 5.74) is 4.50. The molecule has 0 heterocycles. The monoisotopic (exact) mass is 265 g/mol. The predicted octanol–water partition coefficient (Wildman–Crippen LogP) is 3.53. The molecule has 0 aliphatic rings. The first-order valence-corrected chi connectivity index (χ1v) is 6.78. The molecule has 0 bridgehead atoms. The molecule has 102 valence electrons. The fourth-order valence-corrected chi connectivity index (χ4v) is 2.17. The molecule has 0 aromatic heterocycles. The fourth-order valence-electron chi connectivity index (χ4n) is 2.17. The van der Waals surface area contributed by atoms with E-state index >= 15 is 0 Å². The first kappa shape index (κ1) is 14.2. The van der Waals surface area contributed by atoms with E-state index < -0.39 is 0 Å². The largest absolute Gasteiger partial charge is 0.297 e. The van der Waals surface area contributed by atoms with Crippen molar-refractivity contribution in [2.75, 3.05) is 6.54 Å². The lowest BCUT2D eigenvalue weighted by Crippen LogP contribution is -2.09. The topological polar surface area (TPSA) is 29.4 Å². The van der Waals surface area contributed by atoms with Crippen LogP contribution < -0.4 is 0 Å². The van der Waals surface area contributed by atoms with Crippen LogP contribution in [0.25, 0.3) is 0 Å². The second-order valence-corrected chi connectivity index (χ2v) is 4.97. The number of rotatable bonds is 5. The van der Waals surface area contributed by atoms with Gasteiger partial charge in [-0.05, 0) is 36.1 Å². The van der Waals surface area contributed by atoms with Crippen LogP contribution in [0.4, 0.5) is 0 Å². The van der Waals surface area contributed by atoms with Gasteiger partial charge in [0, 0.05) is 12.6 Å². The van der Waals surface area contributed by atoms with E-state index in [1.807, 2.05) is 62.4 Å². The van der Waals surface area contributed by atoms with Gasteiger partial charge in [-0.3, -0.25) is 9.79 Å². The van der Waals surface area contributed by atoms with Crippen molar-refractivity contribution in [1.82, 2.24) is 0 Å². The Kier molecular flexibility index (Phi) is 4.83. The normalized spacial score (nSPS) is 10.9. The Balaban J connectivity index is 1.95. The number of Topliss-reactive ketones (excluding diaryl/α,β-unsaturated/α-hetero) is 1. The highest BCUT2D eigenvalue weighted by molar-refractivity contribution is 5.87. The number of carbonyl (C=O) groups is 1. The van der Waals surface area contributed by atoms with Crippen LogP contribution in [0.5, 0.6) is 0 Å². The average Bonchev–Trinajstić information content (AvgIpc) is 2.44. The number of nitrogens with zero attached hydrogens (tertiary/aromatic N) is 1. The molecule has 0 saturated carbocycles. The Morgan fingerprint density at radius 2 is 1.65 bits per heavy atom. The quantitative estimate of drug-likeness (QED) is 0.760. The number of benzene rings is 2. The Hall–Kier alpha value is -2.22. The molecular formula is C18H19NO. The maximum Gasteiger partial charge on any atom is 0.158 e. The first-order chi connectivity index (χ1) is 9.66. The lowest BCUT2D eigenvalue weighted by molar-refractivity contribution is -0.117. The molecule has 0 saturated heterocycles. The first-order valence-electron chi connectivity index (χ1n) is 6.78. The fraction of sp³-hybridized carbons (Fsp3) is 0.222. The highest BCUT2D eigenvalue weighted by Gasteiger charge is 2.07. The Labute approximate surface area is 120 Å². The number of aliphatic imine (C=N–C) groups is 1. The summed E-state index contributed by atoms with van der Waals surface area (Å²) in [5.74, 6) is 0.148. The zero-order valence-electron chi connectivity index (χ0n) is 12.0. The molecule has 2 aromatic rings. The van der Waals surface area contributed by atoms with Gasteiger partial charge in [0.2, 0.25) is 0 Å². The van der Waals surface area contributed by atoms with Crippen LogP contribution >= 0.6 is 0 Å². The van der Waals surface area contributed by atoms with E-state index in [-0.39, 0.29) is 12.3 Å². The molecule has 0 aliphatic carbocycles. The van der Waals surface area contributed by atoms with E-state index in [2.05, 4.69) is 4.99 Å².